The summed E-state index contributed by atoms with van der Waals surface area (Å²) < 4.78 is 0. The Morgan fingerprint density at radius 3 is 2.50 bits per heavy atom. The first-order valence-corrected chi connectivity index (χ1v) is 5.09. The van der Waals surface area contributed by atoms with Crippen molar-refractivity contribution in [3.8, 4) is 11.8 Å². The highest BCUT2D eigenvalue weighted by Gasteiger charge is 2.02. The van der Waals surface area contributed by atoms with Crippen molar-refractivity contribution in [2.45, 2.75) is 13.3 Å². The Bertz CT molecular complexity index is 343. The van der Waals surface area contributed by atoms with Gasteiger partial charge in [-0.25, -0.2) is 0 Å². The van der Waals surface area contributed by atoms with Gasteiger partial charge < -0.3 is 5.32 Å². The van der Waals surface area contributed by atoms with Gasteiger partial charge in [-0.05, 0) is 19.1 Å². The Morgan fingerprint density at radius 1 is 1.29 bits per heavy atom. The van der Waals surface area contributed by atoms with E-state index in [-0.39, 0.29) is 0 Å². The molecule has 0 fully saturated rings. The van der Waals surface area contributed by atoms with E-state index in [1.807, 2.05) is 13.0 Å². The lowest BCUT2D eigenvalue weighted by Crippen LogP contribution is -2.01. The van der Waals surface area contributed by atoms with Crippen molar-refractivity contribution in [3.05, 3.63) is 28.2 Å². The maximum absolute atomic E-state index is 5.96. The topological polar surface area (TPSA) is 12.0 Å². The van der Waals surface area contributed by atoms with E-state index < -0.39 is 0 Å². The van der Waals surface area contributed by atoms with Crippen LogP contribution in [0.25, 0.3) is 0 Å². The van der Waals surface area contributed by atoms with Gasteiger partial charge in [-0.15, -0.1) is 11.8 Å². The summed E-state index contributed by atoms with van der Waals surface area (Å²) in [6.45, 7) is 2.58. The van der Waals surface area contributed by atoms with Crippen LogP contribution in [0.5, 0.6) is 0 Å². The molecule has 0 aliphatic carbocycles. The Labute approximate surface area is 94.4 Å². The van der Waals surface area contributed by atoms with Gasteiger partial charge in [0.2, 0.25) is 0 Å². The van der Waals surface area contributed by atoms with Gasteiger partial charge in [0.1, 0.15) is 0 Å². The summed E-state index contributed by atoms with van der Waals surface area (Å²) in [6, 6.07) is 5.43. The Balaban J connectivity index is 2.60. The molecule has 0 amide bonds. The third kappa shape index (κ3) is 3.14. The van der Waals surface area contributed by atoms with Gasteiger partial charge in [-0.3, -0.25) is 0 Å². The summed E-state index contributed by atoms with van der Waals surface area (Å²) in [4.78, 5) is 0. The van der Waals surface area contributed by atoms with Crippen LogP contribution < -0.4 is 5.32 Å². The minimum atomic E-state index is 0.641. The molecule has 0 bridgehead atoms. The predicted molar refractivity (Wildman–Crippen MR) is 63.0 cm³/mol. The van der Waals surface area contributed by atoms with Crippen molar-refractivity contribution >= 4 is 28.9 Å². The molecule has 1 aromatic rings. The van der Waals surface area contributed by atoms with E-state index in [2.05, 4.69) is 17.2 Å². The average Bonchev–Trinajstić information content (AvgIpc) is 2.16. The summed E-state index contributed by atoms with van der Waals surface area (Å²) >= 11 is 11.9. The van der Waals surface area contributed by atoms with E-state index in [4.69, 9.17) is 23.2 Å². The second kappa shape index (κ2) is 5.80. The summed E-state index contributed by atoms with van der Waals surface area (Å²) in [5.41, 5.74) is 0.786. The molecule has 1 nitrogen and oxygen atoms in total. The van der Waals surface area contributed by atoms with Gasteiger partial charge in [0.25, 0.3) is 0 Å². The number of halogens is 2. The molecule has 0 atom stereocenters. The molecule has 0 spiro atoms. The third-order valence-corrected chi connectivity index (χ3v) is 2.32. The van der Waals surface area contributed by atoms with E-state index in [0.717, 1.165) is 18.7 Å². The minimum absolute atomic E-state index is 0.641. The van der Waals surface area contributed by atoms with Crippen LogP contribution in [0, 0.1) is 11.8 Å². The second-order valence-electron chi connectivity index (χ2n) is 2.70. The molecule has 0 aliphatic heterocycles. The first-order valence-electron chi connectivity index (χ1n) is 4.33. The second-order valence-corrected chi connectivity index (χ2v) is 3.51. The molecule has 0 aliphatic rings. The van der Waals surface area contributed by atoms with Crippen LogP contribution in [0.15, 0.2) is 18.2 Å². The average molecular weight is 228 g/mol. The smallest absolute Gasteiger partial charge is 0.0719 e. The molecule has 0 saturated heterocycles. The predicted octanol–water partition coefficient (Wildman–Crippen LogP) is 3.82. The molecule has 0 saturated carbocycles. The van der Waals surface area contributed by atoms with E-state index in [1.54, 1.807) is 12.1 Å². The monoisotopic (exact) mass is 227 g/mol. The fourth-order valence-corrected chi connectivity index (χ4v) is 1.57. The lowest BCUT2D eigenvalue weighted by atomic mass is 10.3. The van der Waals surface area contributed by atoms with Crippen LogP contribution in [-0.2, 0) is 0 Å². The number of benzene rings is 1. The first-order chi connectivity index (χ1) is 6.75. The van der Waals surface area contributed by atoms with E-state index in [9.17, 15) is 0 Å². The molecule has 14 heavy (non-hydrogen) atoms. The van der Waals surface area contributed by atoms with Crippen LogP contribution in [-0.4, -0.2) is 6.54 Å². The Hall–Kier alpha value is -0.840. The molecule has 0 aromatic heterocycles. The fourth-order valence-electron chi connectivity index (χ4n) is 1.04. The number of para-hydroxylation sites is 1. The van der Waals surface area contributed by atoms with Crippen LogP contribution in [0.4, 0.5) is 5.69 Å². The van der Waals surface area contributed by atoms with Gasteiger partial charge in [0.15, 0.2) is 0 Å². The molecule has 74 valence electrons. The van der Waals surface area contributed by atoms with E-state index in [0.29, 0.717) is 10.0 Å². The minimum Gasteiger partial charge on any atom is -0.382 e. The Kier molecular flexibility index (Phi) is 4.65. The van der Waals surface area contributed by atoms with E-state index in [1.165, 1.54) is 0 Å². The van der Waals surface area contributed by atoms with Crippen LogP contribution in [0.3, 0.4) is 0 Å². The number of rotatable bonds is 3. The maximum atomic E-state index is 5.96. The molecular weight excluding hydrogens is 217 g/mol. The normalized spacial score (nSPS) is 9.07. The lowest BCUT2D eigenvalue weighted by molar-refractivity contribution is 1.10. The molecule has 1 N–H and O–H groups in total. The molecule has 0 unspecified atom stereocenters. The molecule has 0 radical (unpaired) electrons. The van der Waals surface area contributed by atoms with Gasteiger partial charge in [-0.2, -0.15) is 0 Å². The van der Waals surface area contributed by atoms with Crippen LogP contribution >= 0.6 is 23.2 Å². The zero-order chi connectivity index (χ0) is 10.4. The lowest BCUT2D eigenvalue weighted by Gasteiger charge is -2.08. The third-order valence-electron chi connectivity index (χ3n) is 1.69. The zero-order valence-corrected chi connectivity index (χ0v) is 9.41. The molecule has 1 rings (SSSR count). The fraction of sp³-hybridized carbons (Fsp3) is 0.273. The van der Waals surface area contributed by atoms with Crippen LogP contribution in [0.1, 0.15) is 13.3 Å². The van der Waals surface area contributed by atoms with E-state index >= 15 is 0 Å². The standard InChI is InChI=1S/C11H11Cl2N/c1-2-3-4-8-14-11-9(12)6-5-7-10(11)13/h5-7,14H,4,8H2,1H3. The SMILES string of the molecule is CC#CCCNc1c(Cl)cccc1Cl. The van der Waals surface area contributed by atoms with Crippen molar-refractivity contribution in [1.82, 2.24) is 0 Å². The van der Waals surface area contributed by atoms with Crippen molar-refractivity contribution < 1.29 is 0 Å². The summed E-state index contributed by atoms with van der Waals surface area (Å²) in [5, 5.41) is 4.43. The van der Waals surface area contributed by atoms with Gasteiger partial charge in [-0.1, -0.05) is 29.3 Å². The first kappa shape index (κ1) is 11.2. The van der Waals surface area contributed by atoms with Crippen molar-refractivity contribution in [1.29, 1.82) is 0 Å². The summed E-state index contributed by atoms with van der Waals surface area (Å²) in [5.74, 6) is 5.79. The molecule has 0 heterocycles. The Morgan fingerprint density at radius 2 is 1.93 bits per heavy atom. The van der Waals surface area contributed by atoms with Crippen molar-refractivity contribution in [2.24, 2.45) is 0 Å². The summed E-state index contributed by atoms with van der Waals surface area (Å²) in [6.07, 6.45) is 0.790. The highest BCUT2D eigenvalue weighted by Crippen LogP contribution is 2.29. The van der Waals surface area contributed by atoms with Crippen molar-refractivity contribution in [2.75, 3.05) is 11.9 Å². The zero-order valence-electron chi connectivity index (χ0n) is 7.90. The van der Waals surface area contributed by atoms with Crippen molar-refractivity contribution in [3.63, 3.8) is 0 Å². The van der Waals surface area contributed by atoms with Gasteiger partial charge in [0.05, 0.1) is 15.7 Å². The maximum Gasteiger partial charge on any atom is 0.0719 e. The summed E-state index contributed by atoms with van der Waals surface area (Å²) in [7, 11) is 0. The number of anilines is 1. The quantitative estimate of drug-likeness (QED) is 0.612. The molecular formula is C11H11Cl2N. The largest absolute Gasteiger partial charge is 0.382 e. The molecule has 3 heteroatoms. The molecule has 1 aromatic carbocycles. The van der Waals surface area contributed by atoms with Gasteiger partial charge >= 0.3 is 0 Å². The number of nitrogens with one attached hydrogen (secondary N) is 1. The highest BCUT2D eigenvalue weighted by atomic mass is 35.5. The van der Waals surface area contributed by atoms with Crippen LogP contribution in [0.2, 0.25) is 10.0 Å². The number of hydrogen-bond donors (Lipinski definition) is 1. The number of hydrogen-bond acceptors (Lipinski definition) is 1. The highest BCUT2D eigenvalue weighted by molar-refractivity contribution is 6.39. The van der Waals surface area contributed by atoms with Gasteiger partial charge in [0, 0.05) is 13.0 Å².